The molecule has 1 aromatic rings. The number of hydrogen-bond donors (Lipinski definition) is 6. The van der Waals surface area contributed by atoms with Gasteiger partial charge in [0.1, 0.15) is 11.8 Å². The quantitative estimate of drug-likeness (QED) is 0.306. The van der Waals surface area contributed by atoms with Crippen LogP contribution in [-0.2, 0) is 4.74 Å². The zero-order valence-corrected chi connectivity index (χ0v) is 13.3. The largest absolute Gasteiger partial charge is 0.394 e. The number of nitrogens with zero attached hydrogens (tertiary/aromatic N) is 1. The summed E-state index contributed by atoms with van der Waals surface area (Å²) in [6, 6.07) is 7.17. The molecule has 1 heterocycles. The molecule has 0 unspecified atom stereocenters. The van der Waals surface area contributed by atoms with Gasteiger partial charge in [0.15, 0.2) is 0 Å². The summed E-state index contributed by atoms with van der Waals surface area (Å²) < 4.78 is 5.58. The third-order valence-electron chi connectivity index (χ3n) is 4.18. The summed E-state index contributed by atoms with van der Waals surface area (Å²) in [5.74, 6) is 0. The Kier molecular flexibility index (Phi) is 6.41. The van der Waals surface area contributed by atoms with Gasteiger partial charge in [0, 0.05) is 6.21 Å². The predicted octanol–water partition coefficient (Wildman–Crippen LogP) is -1.84. The SMILES string of the molecule is OCC(CO)(CO)N=Cc1ccc([C@@H]2NC(CO)(CO)CO2)cc1. The van der Waals surface area contributed by atoms with E-state index < -0.39 is 37.1 Å². The van der Waals surface area contributed by atoms with Crippen LogP contribution in [0.5, 0.6) is 0 Å². The van der Waals surface area contributed by atoms with E-state index in [0.717, 1.165) is 11.1 Å². The Morgan fingerprint density at radius 3 is 2.12 bits per heavy atom. The minimum atomic E-state index is -1.29. The fourth-order valence-corrected chi connectivity index (χ4v) is 2.26. The van der Waals surface area contributed by atoms with Crippen LogP contribution in [0.4, 0.5) is 0 Å². The topological polar surface area (TPSA) is 135 Å². The Morgan fingerprint density at radius 2 is 1.67 bits per heavy atom. The van der Waals surface area contributed by atoms with Gasteiger partial charge in [-0.2, -0.15) is 0 Å². The molecule has 0 saturated carbocycles. The van der Waals surface area contributed by atoms with Crippen molar-refractivity contribution in [3.63, 3.8) is 0 Å². The van der Waals surface area contributed by atoms with Gasteiger partial charge in [-0.05, 0) is 11.1 Å². The summed E-state index contributed by atoms with van der Waals surface area (Å²) in [4.78, 5) is 4.07. The monoisotopic (exact) mass is 340 g/mol. The smallest absolute Gasteiger partial charge is 0.135 e. The summed E-state index contributed by atoms with van der Waals surface area (Å²) in [5.41, 5.74) is -0.578. The van der Waals surface area contributed by atoms with Gasteiger partial charge >= 0.3 is 0 Å². The van der Waals surface area contributed by atoms with E-state index in [4.69, 9.17) is 4.74 Å². The standard InChI is InChI=1S/C16H24N2O6/c19-6-15(7-20,8-21)17-5-12-1-3-13(4-2-12)14-18-16(9-22,10-23)11-24-14/h1-5,14,18-23H,6-11H2/t14-/m1/s1. The Labute approximate surface area is 140 Å². The highest BCUT2D eigenvalue weighted by molar-refractivity contribution is 5.80. The minimum Gasteiger partial charge on any atom is -0.394 e. The number of aliphatic hydroxyl groups excluding tert-OH is 5. The van der Waals surface area contributed by atoms with Gasteiger partial charge in [0.25, 0.3) is 0 Å². The van der Waals surface area contributed by atoms with Crippen molar-refractivity contribution < 1.29 is 30.3 Å². The van der Waals surface area contributed by atoms with Gasteiger partial charge in [0.05, 0.1) is 45.2 Å². The normalized spacial score (nSPS) is 20.8. The lowest BCUT2D eigenvalue weighted by atomic mass is 10.0. The van der Waals surface area contributed by atoms with Crippen LogP contribution in [-0.4, -0.2) is 82.5 Å². The Bertz CT molecular complexity index is 532. The van der Waals surface area contributed by atoms with Gasteiger partial charge in [0.2, 0.25) is 0 Å². The van der Waals surface area contributed by atoms with Gasteiger partial charge in [-0.1, -0.05) is 24.3 Å². The van der Waals surface area contributed by atoms with Crippen molar-refractivity contribution in [3.05, 3.63) is 35.4 Å². The lowest BCUT2D eigenvalue weighted by Gasteiger charge is -2.23. The number of benzene rings is 1. The van der Waals surface area contributed by atoms with Crippen LogP contribution in [0.2, 0.25) is 0 Å². The first kappa shape index (κ1) is 18.9. The second kappa shape index (κ2) is 8.13. The van der Waals surface area contributed by atoms with Gasteiger partial charge in [-0.15, -0.1) is 0 Å². The summed E-state index contributed by atoms with van der Waals surface area (Å²) in [6.07, 6.45) is 1.04. The van der Waals surface area contributed by atoms with Gasteiger partial charge < -0.3 is 30.3 Å². The molecule has 1 aliphatic rings. The molecule has 0 spiro atoms. The summed E-state index contributed by atoms with van der Waals surface area (Å²) in [5, 5.41) is 49.5. The molecule has 24 heavy (non-hydrogen) atoms. The van der Waals surface area contributed by atoms with Crippen molar-refractivity contribution in [2.24, 2.45) is 4.99 Å². The van der Waals surface area contributed by atoms with Crippen molar-refractivity contribution in [3.8, 4) is 0 Å². The highest BCUT2D eigenvalue weighted by Gasteiger charge is 2.39. The molecule has 2 rings (SSSR count). The molecule has 0 aliphatic carbocycles. The zero-order valence-electron chi connectivity index (χ0n) is 13.3. The molecular weight excluding hydrogens is 316 g/mol. The molecular formula is C16H24N2O6. The lowest BCUT2D eigenvalue weighted by Crippen LogP contribution is -2.49. The van der Waals surface area contributed by atoms with Crippen molar-refractivity contribution >= 4 is 6.21 Å². The molecule has 0 bridgehead atoms. The Balaban J connectivity index is 2.06. The van der Waals surface area contributed by atoms with Crippen LogP contribution < -0.4 is 5.32 Å². The van der Waals surface area contributed by atoms with Crippen LogP contribution in [0.3, 0.4) is 0 Å². The molecule has 0 radical (unpaired) electrons. The number of hydrogen-bond acceptors (Lipinski definition) is 8. The third-order valence-corrected chi connectivity index (χ3v) is 4.18. The first-order valence-corrected chi connectivity index (χ1v) is 7.65. The van der Waals surface area contributed by atoms with E-state index in [1.807, 2.05) is 12.1 Å². The summed E-state index contributed by atoms with van der Waals surface area (Å²) >= 11 is 0. The van der Waals surface area contributed by atoms with Crippen molar-refractivity contribution in [1.29, 1.82) is 0 Å². The highest BCUT2D eigenvalue weighted by Crippen LogP contribution is 2.26. The second-order valence-electron chi connectivity index (χ2n) is 6.06. The zero-order chi connectivity index (χ0) is 17.6. The van der Waals surface area contributed by atoms with Crippen LogP contribution in [0.25, 0.3) is 0 Å². The fourth-order valence-electron chi connectivity index (χ4n) is 2.26. The number of ether oxygens (including phenoxy) is 1. The molecule has 6 N–H and O–H groups in total. The van der Waals surface area contributed by atoms with E-state index in [1.165, 1.54) is 6.21 Å². The average molecular weight is 340 g/mol. The fraction of sp³-hybridized carbons (Fsp3) is 0.562. The average Bonchev–Trinajstić information content (AvgIpc) is 3.09. The summed E-state index contributed by atoms with van der Waals surface area (Å²) in [7, 11) is 0. The number of aliphatic imine (C=N–C) groups is 1. The summed E-state index contributed by atoms with van der Waals surface area (Å²) in [6.45, 7) is -1.62. The molecule has 1 aromatic carbocycles. The van der Waals surface area contributed by atoms with Crippen LogP contribution in [0.1, 0.15) is 17.4 Å². The first-order chi connectivity index (χ1) is 11.6. The maximum atomic E-state index is 9.36. The molecule has 8 nitrogen and oxygen atoms in total. The van der Waals surface area contributed by atoms with E-state index >= 15 is 0 Å². The number of aliphatic hydroxyl groups is 5. The highest BCUT2D eigenvalue weighted by atomic mass is 16.5. The van der Waals surface area contributed by atoms with Crippen LogP contribution in [0, 0.1) is 0 Å². The Morgan fingerprint density at radius 1 is 1.08 bits per heavy atom. The van der Waals surface area contributed by atoms with E-state index in [2.05, 4.69) is 10.3 Å². The molecule has 1 saturated heterocycles. The van der Waals surface area contributed by atoms with E-state index in [0.29, 0.717) is 0 Å². The van der Waals surface area contributed by atoms with Crippen LogP contribution in [0.15, 0.2) is 29.3 Å². The molecule has 0 amide bonds. The third kappa shape index (κ3) is 3.98. The van der Waals surface area contributed by atoms with E-state index in [1.54, 1.807) is 12.1 Å². The molecule has 1 fully saturated rings. The second-order valence-corrected chi connectivity index (χ2v) is 6.06. The maximum Gasteiger partial charge on any atom is 0.135 e. The molecule has 1 atom stereocenters. The van der Waals surface area contributed by atoms with E-state index in [9.17, 15) is 25.5 Å². The first-order valence-electron chi connectivity index (χ1n) is 7.65. The number of nitrogens with one attached hydrogen (secondary N) is 1. The maximum absolute atomic E-state index is 9.36. The molecule has 134 valence electrons. The van der Waals surface area contributed by atoms with Gasteiger partial charge in [-0.25, -0.2) is 0 Å². The minimum absolute atomic E-state index is 0.208. The van der Waals surface area contributed by atoms with Crippen molar-refractivity contribution in [1.82, 2.24) is 5.32 Å². The Hall–Kier alpha value is -1.39. The van der Waals surface area contributed by atoms with Crippen molar-refractivity contribution in [2.75, 3.05) is 39.6 Å². The van der Waals surface area contributed by atoms with Crippen molar-refractivity contribution in [2.45, 2.75) is 17.3 Å². The predicted molar refractivity (Wildman–Crippen MR) is 86.8 cm³/mol. The number of rotatable bonds is 8. The molecule has 0 aromatic heterocycles. The van der Waals surface area contributed by atoms with Crippen LogP contribution >= 0.6 is 0 Å². The van der Waals surface area contributed by atoms with E-state index in [-0.39, 0.29) is 19.8 Å². The molecule has 1 aliphatic heterocycles. The van der Waals surface area contributed by atoms with Gasteiger partial charge in [-0.3, -0.25) is 10.3 Å². The molecule has 8 heteroatoms. The lowest BCUT2D eigenvalue weighted by molar-refractivity contribution is 0.0718.